The molecule has 0 aromatic heterocycles. The van der Waals surface area contributed by atoms with E-state index in [-0.39, 0.29) is 25.5 Å². The Morgan fingerprint density at radius 2 is 1.46 bits per heavy atom. The normalized spacial score (nSPS) is 16.6. The number of carbonyl (C=O) groups is 2. The van der Waals surface area contributed by atoms with E-state index in [1.165, 1.54) is 0 Å². The van der Waals surface area contributed by atoms with Gasteiger partial charge >= 0.3 is 18.3 Å². The van der Waals surface area contributed by atoms with Crippen molar-refractivity contribution in [1.29, 1.82) is 0 Å². The van der Waals surface area contributed by atoms with Gasteiger partial charge in [0.05, 0.1) is 16.5 Å². The molecule has 0 unspecified atom stereocenters. The van der Waals surface area contributed by atoms with Crippen molar-refractivity contribution in [2.75, 3.05) is 6.54 Å². The van der Waals surface area contributed by atoms with Gasteiger partial charge in [0.15, 0.2) is 0 Å². The Morgan fingerprint density at radius 1 is 1.00 bits per heavy atom. The van der Waals surface area contributed by atoms with E-state index in [0.717, 1.165) is 0 Å². The number of aliphatic carboxylic acids is 1. The van der Waals surface area contributed by atoms with Gasteiger partial charge in [0.1, 0.15) is 0 Å². The summed E-state index contributed by atoms with van der Waals surface area (Å²) in [5, 5.41) is 11.0. The van der Waals surface area contributed by atoms with Crippen molar-refractivity contribution in [2.24, 2.45) is 5.41 Å². The Labute approximate surface area is 131 Å². The molecule has 132 valence electrons. The third-order valence-electron chi connectivity index (χ3n) is 3.74. The molecular formula is C14H11F6NO3. The standard InChI is InChI=1S/C14H11F6NO3/c15-13(16,17)8-3-7(4-9(5-8)14(18,19)20)10(22)21-6-12(1-2-12)11(23)24/h3-5H,1-2,6H2,(H,21,22)(H,23,24). The minimum absolute atomic E-state index is 0.0869. The van der Waals surface area contributed by atoms with E-state index in [9.17, 15) is 35.9 Å². The van der Waals surface area contributed by atoms with Crippen molar-refractivity contribution in [1.82, 2.24) is 5.32 Å². The predicted octanol–water partition coefficient (Wildman–Crippen LogP) is 3.32. The molecule has 1 aromatic carbocycles. The Balaban J connectivity index is 2.28. The van der Waals surface area contributed by atoms with E-state index >= 15 is 0 Å². The van der Waals surface area contributed by atoms with Gasteiger partial charge in [-0.15, -0.1) is 0 Å². The van der Waals surface area contributed by atoms with E-state index in [0.29, 0.717) is 12.1 Å². The smallest absolute Gasteiger partial charge is 0.416 e. The van der Waals surface area contributed by atoms with Crippen LogP contribution in [0.4, 0.5) is 26.3 Å². The van der Waals surface area contributed by atoms with Gasteiger partial charge < -0.3 is 10.4 Å². The first-order chi connectivity index (χ1) is 10.8. The lowest BCUT2D eigenvalue weighted by molar-refractivity contribution is -0.144. The van der Waals surface area contributed by atoms with E-state index in [2.05, 4.69) is 5.32 Å². The second-order valence-electron chi connectivity index (χ2n) is 5.56. The van der Waals surface area contributed by atoms with E-state index in [4.69, 9.17) is 5.11 Å². The first-order valence-electron chi connectivity index (χ1n) is 6.66. The molecule has 10 heteroatoms. The summed E-state index contributed by atoms with van der Waals surface area (Å²) in [6.07, 6.45) is -9.57. The maximum Gasteiger partial charge on any atom is 0.416 e. The Kier molecular flexibility index (Phi) is 4.28. The molecule has 24 heavy (non-hydrogen) atoms. The summed E-state index contributed by atoms with van der Waals surface area (Å²) < 4.78 is 76.3. The van der Waals surface area contributed by atoms with Gasteiger partial charge in [-0.05, 0) is 31.0 Å². The van der Waals surface area contributed by atoms with Crippen molar-refractivity contribution in [3.8, 4) is 0 Å². The van der Waals surface area contributed by atoms with Crippen LogP contribution in [0.25, 0.3) is 0 Å². The van der Waals surface area contributed by atoms with E-state index < -0.39 is 46.3 Å². The lowest BCUT2D eigenvalue weighted by Gasteiger charge is -2.15. The second-order valence-corrected chi connectivity index (χ2v) is 5.56. The first kappa shape index (κ1) is 18.1. The molecule has 1 aliphatic carbocycles. The molecule has 1 aromatic rings. The summed E-state index contributed by atoms with van der Waals surface area (Å²) in [6.45, 7) is -0.362. The summed E-state index contributed by atoms with van der Waals surface area (Å²) >= 11 is 0. The SMILES string of the molecule is O=C(NCC1(C(=O)O)CC1)c1cc(C(F)(F)F)cc(C(F)(F)F)c1. The topological polar surface area (TPSA) is 66.4 Å². The molecule has 2 rings (SSSR count). The van der Waals surface area contributed by atoms with Gasteiger partial charge in [-0.2, -0.15) is 26.3 Å². The van der Waals surface area contributed by atoms with Gasteiger partial charge in [-0.3, -0.25) is 9.59 Å². The summed E-state index contributed by atoms with van der Waals surface area (Å²) in [4.78, 5) is 22.8. The van der Waals surface area contributed by atoms with Crippen LogP contribution < -0.4 is 5.32 Å². The number of carbonyl (C=O) groups excluding carboxylic acids is 1. The molecule has 0 aliphatic heterocycles. The van der Waals surface area contributed by atoms with Crippen molar-refractivity contribution in [3.63, 3.8) is 0 Å². The summed E-state index contributed by atoms with van der Waals surface area (Å²) in [6, 6.07) is 0.506. The highest BCUT2D eigenvalue weighted by atomic mass is 19.4. The summed E-state index contributed by atoms with van der Waals surface area (Å²) in [5.41, 5.74) is -5.24. The van der Waals surface area contributed by atoms with Gasteiger partial charge in [0, 0.05) is 12.1 Å². The molecule has 0 heterocycles. The zero-order chi connectivity index (χ0) is 18.3. The van der Waals surface area contributed by atoms with Crippen LogP contribution in [0.3, 0.4) is 0 Å². The van der Waals surface area contributed by atoms with Crippen LogP contribution in [0.2, 0.25) is 0 Å². The highest BCUT2D eigenvalue weighted by molar-refractivity contribution is 5.95. The van der Waals surface area contributed by atoms with Crippen LogP contribution in [-0.4, -0.2) is 23.5 Å². The summed E-state index contributed by atoms with van der Waals surface area (Å²) in [5.74, 6) is -2.37. The zero-order valence-corrected chi connectivity index (χ0v) is 11.9. The Hall–Kier alpha value is -2.26. The average Bonchev–Trinajstić information content (AvgIpc) is 3.23. The maximum absolute atomic E-state index is 12.7. The first-order valence-corrected chi connectivity index (χ1v) is 6.66. The Morgan fingerprint density at radius 3 is 1.79 bits per heavy atom. The monoisotopic (exact) mass is 355 g/mol. The van der Waals surface area contributed by atoms with Gasteiger partial charge in [-0.25, -0.2) is 0 Å². The molecule has 4 nitrogen and oxygen atoms in total. The zero-order valence-electron chi connectivity index (χ0n) is 11.9. The number of rotatable bonds is 4. The second kappa shape index (κ2) is 5.67. The molecule has 1 fully saturated rings. The van der Waals surface area contributed by atoms with Crippen LogP contribution in [0, 0.1) is 5.41 Å². The van der Waals surface area contributed by atoms with Gasteiger partial charge in [0.2, 0.25) is 0 Å². The van der Waals surface area contributed by atoms with E-state index in [1.54, 1.807) is 0 Å². The van der Waals surface area contributed by atoms with Crippen LogP contribution in [-0.2, 0) is 17.1 Å². The highest BCUT2D eigenvalue weighted by Crippen LogP contribution is 2.45. The fourth-order valence-electron chi connectivity index (χ4n) is 2.05. The van der Waals surface area contributed by atoms with Crippen LogP contribution >= 0.6 is 0 Å². The van der Waals surface area contributed by atoms with Crippen molar-refractivity contribution in [3.05, 3.63) is 34.9 Å². The third-order valence-corrected chi connectivity index (χ3v) is 3.74. The summed E-state index contributed by atoms with van der Waals surface area (Å²) in [7, 11) is 0. The van der Waals surface area contributed by atoms with Crippen LogP contribution in [0.1, 0.15) is 34.3 Å². The number of hydrogen-bond acceptors (Lipinski definition) is 2. The molecule has 1 saturated carbocycles. The number of carboxylic acids is 1. The number of nitrogens with one attached hydrogen (secondary N) is 1. The molecule has 0 atom stereocenters. The number of alkyl halides is 6. The average molecular weight is 355 g/mol. The number of amides is 1. The quantitative estimate of drug-likeness (QED) is 0.815. The highest BCUT2D eigenvalue weighted by Gasteiger charge is 2.50. The van der Waals surface area contributed by atoms with Crippen LogP contribution in [0.15, 0.2) is 18.2 Å². The van der Waals surface area contributed by atoms with E-state index in [1.807, 2.05) is 0 Å². The third kappa shape index (κ3) is 3.80. The molecule has 0 spiro atoms. The number of hydrogen-bond donors (Lipinski definition) is 2. The number of benzene rings is 1. The van der Waals surface area contributed by atoms with Crippen LogP contribution in [0.5, 0.6) is 0 Å². The number of halogens is 6. The van der Waals surface area contributed by atoms with Crippen molar-refractivity contribution >= 4 is 11.9 Å². The fraction of sp³-hybridized carbons (Fsp3) is 0.429. The molecule has 0 bridgehead atoms. The largest absolute Gasteiger partial charge is 0.481 e. The molecule has 2 N–H and O–H groups in total. The fourth-order valence-corrected chi connectivity index (χ4v) is 2.05. The molecule has 1 aliphatic rings. The molecule has 0 radical (unpaired) electrons. The lowest BCUT2D eigenvalue weighted by atomic mass is 10.0. The Bertz CT molecular complexity index is 644. The molecule has 1 amide bonds. The predicted molar refractivity (Wildman–Crippen MR) is 68.1 cm³/mol. The maximum atomic E-state index is 12.7. The van der Waals surface area contributed by atoms with Gasteiger partial charge in [0.25, 0.3) is 5.91 Å². The minimum atomic E-state index is -5.06. The van der Waals surface area contributed by atoms with Crippen molar-refractivity contribution < 1.29 is 41.0 Å². The molecule has 0 saturated heterocycles. The molecular weight excluding hydrogens is 344 g/mol. The van der Waals surface area contributed by atoms with Gasteiger partial charge in [-0.1, -0.05) is 0 Å². The van der Waals surface area contributed by atoms with Crippen molar-refractivity contribution in [2.45, 2.75) is 25.2 Å². The lowest BCUT2D eigenvalue weighted by Crippen LogP contribution is -2.34. The minimum Gasteiger partial charge on any atom is -0.481 e. The number of carboxylic acid groups (broad SMARTS) is 1.